The fourth-order valence-electron chi connectivity index (χ4n) is 4.93. The van der Waals surface area contributed by atoms with Crippen LogP contribution in [0.5, 0.6) is 0 Å². The molecule has 0 aromatic carbocycles. The molecule has 1 amide bonds. The van der Waals surface area contributed by atoms with E-state index in [0.717, 1.165) is 57.8 Å². The van der Waals surface area contributed by atoms with Gasteiger partial charge in [0.25, 0.3) is 0 Å². The number of halogens is 1. The first-order valence-electron chi connectivity index (χ1n) is 11.2. The number of ether oxygens (including phenoxy) is 1. The van der Waals surface area contributed by atoms with Crippen molar-refractivity contribution in [2.75, 3.05) is 20.2 Å². The van der Waals surface area contributed by atoms with E-state index in [9.17, 15) is 14.4 Å². The Morgan fingerprint density at radius 1 is 1.03 bits per heavy atom. The molecule has 1 atom stereocenters. The smallest absolute Gasteiger partial charge is 0.330 e. The second kappa shape index (κ2) is 12.7. The highest BCUT2D eigenvalue weighted by atomic mass is 127. The van der Waals surface area contributed by atoms with Crippen LogP contribution in [-0.4, -0.2) is 42.9 Å². The SMILES string of the molecule is C=CC(=O)OCC(C)CCN(C)C(=O)C1CCC(C2CCC(C(=O)OI)CC2)CC1. The number of amides is 1. The van der Waals surface area contributed by atoms with E-state index in [1.54, 1.807) is 23.0 Å². The van der Waals surface area contributed by atoms with Gasteiger partial charge in [0.15, 0.2) is 23.0 Å². The Bertz CT molecular complexity index is 594. The first-order chi connectivity index (χ1) is 14.3. The summed E-state index contributed by atoms with van der Waals surface area (Å²) >= 11 is 1.69. The molecular weight excluding hydrogens is 497 g/mol. The van der Waals surface area contributed by atoms with Gasteiger partial charge in [0.05, 0.1) is 12.5 Å². The predicted molar refractivity (Wildman–Crippen MR) is 124 cm³/mol. The van der Waals surface area contributed by atoms with Crippen molar-refractivity contribution in [3.8, 4) is 0 Å². The molecular formula is C23H36INO5. The Hall–Kier alpha value is -1.12. The van der Waals surface area contributed by atoms with Gasteiger partial charge in [-0.25, -0.2) is 4.79 Å². The Morgan fingerprint density at radius 2 is 1.57 bits per heavy atom. The quantitative estimate of drug-likeness (QED) is 0.244. The van der Waals surface area contributed by atoms with Crippen LogP contribution in [0.2, 0.25) is 0 Å². The maximum absolute atomic E-state index is 12.8. The van der Waals surface area contributed by atoms with Crippen molar-refractivity contribution in [3.63, 3.8) is 0 Å². The van der Waals surface area contributed by atoms with E-state index in [1.807, 2.05) is 18.9 Å². The molecule has 1 unspecified atom stereocenters. The highest BCUT2D eigenvalue weighted by molar-refractivity contribution is 14.1. The largest absolute Gasteiger partial charge is 0.462 e. The van der Waals surface area contributed by atoms with E-state index >= 15 is 0 Å². The van der Waals surface area contributed by atoms with Gasteiger partial charge in [0, 0.05) is 25.6 Å². The first kappa shape index (κ1) is 25.1. The van der Waals surface area contributed by atoms with Crippen LogP contribution < -0.4 is 0 Å². The van der Waals surface area contributed by atoms with Crippen molar-refractivity contribution in [1.29, 1.82) is 0 Å². The lowest BCUT2D eigenvalue weighted by Crippen LogP contribution is -2.37. The molecule has 0 bridgehead atoms. The molecule has 2 rings (SSSR count). The molecule has 170 valence electrons. The molecule has 0 spiro atoms. The average molecular weight is 533 g/mol. The topological polar surface area (TPSA) is 72.9 Å². The summed E-state index contributed by atoms with van der Waals surface area (Å²) in [6, 6.07) is 0. The van der Waals surface area contributed by atoms with Gasteiger partial charge >= 0.3 is 11.9 Å². The summed E-state index contributed by atoms with van der Waals surface area (Å²) in [4.78, 5) is 37.5. The molecule has 2 fully saturated rings. The second-order valence-electron chi connectivity index (χ2n) is 9.11. The number of rotatable bonds is 9. The van der Waals surface area contributed by atoms with Gasteiger partial charge in [-0.2, -0.15) is 0 Å². The molecule has 2 saturated carbocycles. The van der Waals surface area contributed by atoms with E-state index in [-0.39, 0.29) is 29.6 Å². The minimum Gasteiger partial charge on any atom is -0.462 e. The maximum atomic E-state index is 12.8. The van der Waals surface area contributed by atoms with Crippen LogP contribution in [-0.2, 0) is 22.2 Å². The fraction of sp³-hybridized carbons (Fsp3) is 0.783. The van der Waals surface area contributed by atoms with Crippen molar-refractivity contribution < 1.29 is 22.2 Å². The fourth-order valence-corrected chi connectivity index (χ4v) is 5.29. The monoisotopic (exact) mass is 533 g/mol. The average Bonchev–Trinajstić information content (AvgIpc) is 2.80. The molecule has 0 aromatic heterocycles. The Morgan fingerprint density at radius 3 is 2.07 bits per heavy atom. The molecule has 0 radical (unpaired) electrons. The van der Waals surface area contributed by atoms with Gasteiger partial charge < -0.3 is 12.7 Å². The zero-order valence-corrected chi connectivity index (χ0v) is 20.5. The standard InChI is InChI=1S/C23H36INO5/c1-4-21(26)29-15-16(2)13-14-25(3)22(27)19-9-5-17(6-10-19)18-7-11-20(12-8-18)23(28)30-24/h4,16-20H,1,5-15H2,2-3H3. The van der Waals surface area contributed by atoms with Gasteiger partial charge in [0.2, 0.25) is 5.91 Å². The highest BCUT2D eigenvalue weighted by Gasteiger charge is 2.35. The summed E-state index contributed by atoms with van der Waals surface area (Å²) in [5.74, 6) is 1.57. The summed E-state index contributed by atoms with van der Waals surface area (Å²) < 4.78 is 9.93. The van der Waals surface area contributed by atoms with Crippen LogP contribution in [0.4, 0.5) is 0 Å². The zero-order valence-electron chi connectivity index (χ0n) is 18.3. The minimum atomic E-state index is -0.401. The molecule has 7 heteroatoms. The van der Waals surface area contributed by atoms with Crippen LogP contribution in [0.25, 0.3) is 0 Å². The van der Waals surface area contributed by atoms with Gasteiger partial charge in [-0.1, -0.05) is 13.5 Å². The van der Waals surface area contributed by atoms with E-state index in [0.29, 0.717) is 25.0 Å². The van der Waals surface area contributed by atoms with E-state index in [2.05, 4.69) is 6.58 Å². The normalized spacial score (nSPS) is 27.6. The number of carbonyl (C=O) groups is 3. The Kier molecular flexibility index (Phi) is 10.6. The van der Waals surface area contributed by atoms with Crippen LogP contribution in [0, 0.1) is 29.6 Å². The molecule has 6 nitrogen and oxygen atoms in total. The lowest BCUT2D eigenvalue weighted by Gasteiger charge is -2.37. The lowest BCUT2D eigenvalue weighted by molar-refractivity contribution is -0.140. The molecule has 30 heavy (non-hydrogen) atoms. The summed E-state index contributed by atoms with van der Waals surface area (Å²) in [6.07, 6.45) is 10.2. The third kappa shape index (κ3) is 7.54. The van der Waals surface area contributed by atoms with Gasteiger partial charge in [-0.15, -0.1) is 0 Å². The van der Waals surface area contributed by atoms with Crippen LogP contribution in [0.15, 0.2) is 12.7 Å². The van der Waals surface area contributed by atoms with Crippen molar-refractivity contribution in [1.82, 2.24) is 4.90 Å². The molecule has 2 aliphatic carbocycles. The van der Waals surface area contributed by atoms with Gasteiger partial charge in [-0.05, 0) is 75.5 Å². The van der Waals surface area contributed by atoms with Crippen molar-refractivity contribution >= 4 is 40.9 Å². The zero-order chi connectivity index (χ0) is 22.1. The Balaban J connectivity index is 1.67. The molecule has 0 heterocycles. The molecule has 0 N–H and O–H groups in total. The third-order valence-electron chi connectivity index (χ3n) is 6.98. The number of hydrogen-bond acceptors (Lipinski definition) is 5. The van der Waals surface area contributed by atoms with Crippen molar-refractivity contribution in [2.45, 2.75) is 64.7 Å². The molecule has 2 aliphatic rings. The van der Waals surface area contributed by atoms with Crippen molar-refractivity contribution in [2.24, 2.45) is 29.6 Å². The second-order valence-corrected chi connectivity index (χ2v) is 9.55. The molecule has 0 aromatic rings. The summed E-state index contributed by atoms with van der Waals surface area (Å²) in [5, 5.41) is 0. The van der Waals surface area contributed by atoms with Crippen LogP contribution in [0.3, 0.4) is 0 Å². The van der Waals surface area contributed by atoms with Gasteiger partial charge in [-0.3, -0.25) is 9.59 Å². The van der Waals surface area contributed by atoms with E-state index < -0.39 is 5.97 Å². The highest BCUT2D eigenvalue weighted by Crippen LogP contribution is 2.42. The predicted octanol–water partition coefficient (Wildman–Crippen LogP) is 4.71. The molecule has 0 saturated heterocycles. The van der Waals surface area contributed by atoms with Crippen LogP contribution >= 0.6 is 23.0 Å². The summed E-state index contributed by atoms with van der Waals surface area (Å²) in [5.41, 5.74) is 0. The molecule has 0 aliphatic heterocycles. The van der Waals surface area contributed by atoms with Gasteiger partial charge in [0.1, 0.15) is 0 Å². The number of esters is 1. The minimum absolute atomic E-state index is 0.0698. The van der Waals surface area contributed by atoms with E-state index in [4.69, 9.17) is 7.80 Å². The third-order valence-corrected chi connectivity index (χ3v) is 7.41. The summed E-state index contributed by atoms with van der Waals surface area (Å²) in [7, 11) is 1.88. The summed E-state index contributed by atoms with van der Waals surface area (Å²) in [6.45, 7) is 6.45. The number of nitrogens with zero attached hydrogens (tertiary/aromatic N) is 1. The maximum Gasteiger partial charge on any atom is 0.330 e. The lowest BCUT2D eigenvalue weighted by atomic mass is 9.69. The Labute approximate surface area is 194 Å². The van der Waals surface area contributed by atoms with E-state index in [1.165, 1.54) is 6.08 Å². The van der Waals surface area contributed by atoms with Crippen molar-refractivity contribution in [3.05, 3.63) is 12.7 Å². The van der Waals surface area contributed by atoms with Crippen LogP contribution in [0.1, 0.15) is 64.7 Å². The number of carbonyl (C=O) groups excluding carboxylic acids is 3. The number of hydrogen-bond donors (Lipinski definition) is 0. The first-order valence-corrected chi connectivity index (χ1v) is 12.1.